The predicted molar refractivity (Wildman–Crippen MR) is 112 cm³/mol. The van der Waals surface area contributed by atoms with Crippen molar-refractivity contribution in [2.45, 2.75) is 37.1 Å². The highest BCUT2D eigenvalue weighted by atomic mass is 32.1. The van der Waals surface area contributed by atoms with Crippen LogP contribution >= 0.6 is 11.3 Å². The van der Waals surface area contributed by atoms with E-state index in [1.165, 1.54) is 36.6 Å². The summed E-state index contributed by atoms with van der Waals surface area (Å²) in [7, 11) is 1.48. The fraction of sp³-hybridized carbons (Fsp3) is 0.455. The molecule has 0 unspecified atom stereocenters. The van der Waals surface area contributed by atoms with E-state index in [9.17, 15) is 18.8 Å². The lowest BCUT2D eigenvalue weighted by atomic mass is 9.75. The Morgan fingerprint density at radius 1 is 1.35 bits per heavy atom. The van der Waals surface area contributed by atoms with Gasteiger partial charge in [-0.3, -0.25) is 19.3 Å². The van der Waals surface area contributed by atoms with Gasteiger partial charge in [0.05, 0.1) is 24.6 Å². The molecule has 0 spiro atoms. The zero-order valence-electron chi connectivity index (χ0n) is 17.3. The lowest BCUT2D eigenvalue weighted by molar-refractivity contribution is -0.143. The fourth-order valence-electron chi connectivity index (χ4n) is 4.58. The number of aromatic nitrogens is 1. The van der Waals surface area contributed by atoms with Crippen molar-refractivity contribution >= 4 is 29.1 Å². The van der Waals surface area contributed by atoms with Crippen LogP contribution in [-0.2, 0) is 24.5 Å². The number of hydrogen-bond donors (Lipinski definition) is 0. The average molecular weight is 446 g/mol. The molecule has 1 aromatic heterocycles. The molecule has 0 aliphatic carbocycles. The topological polar surface area (TPSA) is 79.8 Å². The van der Waals surface area contributed by atoms with Gasteiger partial charge in [0, 0.05) is 43.6 Å². The Morgan fingerprint density at radius 2 is 2.16 bits per heavy atom. The minimum absolute atomic E-state index is 0.0734. The highest BCUT2D eigenvalue weighted by Gasteiger charge is 2.55. The van der Waals surface area contributed by atoms with E-state index in [-0.39, 0.29) is 43.5 Å². The summed E-state index contributed by atoms with van der Waals surface area (Å²) in [6.07, 6.45) is 2.82. The Labute approximate surface area is 183 Å². The van der Waals surface area contributed by atoms with Gasteiger partial charge < -0.3 is 9.64 Å². The molecular weight excluding hydrogens is 421 g/mol. The van der Waals surface area contributed by atoms with Crippen LogP contribution in [0.1, 0.15) is 42.3 Å². The Hall–Kier alpha value is -2.65. The normalized spacial score (nSPS) is 23.7. The Bertz CT molecular complexity index is 983. The van der Waals surface area contributed by atoms with E-state index in [2.05, 4.69) is 4.98 Å². The number of rotatable bonds is 7. The summed E-state index contributed by atoms with van der Waals surface area (Å²) >= 11 is 1.48. The van der Waals surface area contributed by atoms with E-state index >= 15 is 0 Å². The molecule has 4 rings (SSSR count). The number of hydrogen-bond acceptors (Lipinski definition) is 6. The molecule has 0 saturated carbocycles. The summed E-state index contributed by atoms with van der Waals surface area (Å²) < 4.78 is 19.9. The van der Waals surface area contributed by atoms with Gasteiger partial charge in [0.1, 0.15) is 10.8 Å². The maximum atomic E-state index is 14.9. The van der Waals surface area contributed by atoms with Crippen LogP contribution in [0.15, 0.2) is 35.8 Å². The van der Waals surface area contributed by atoms with E-state index in [1.807, 2.05) is 5.38 Å². The smallest absolute Gasteiger partial charge is 0.241 e. The molecule has 0 bridgehead atoms. The summed E-state index contributed by atoms with van der Waals surface area (Å²) in [5, 5.41) is 2.71. The van der Waals surface area contributed by atoms with Crippen LogP contribution in [0.3, 0.4) is 0 Å². The quantitative estimate of drug-likeness (QED) is 0.613. The van der Waals surface area contributed by atoms with Gasteiger partial charge >= 0.3 is 0 Å². The molecule has 2 atom stereocenters. The highest BCUT2D eigenvalue weighted by molar-refractivity contribution is 7.09. The van der Waals surface area contributed by atoms with E-state index in [1.54, 1.807) is 17.2 Å². The van der Waals surface area contributed by atoms with E-state index < -0.39 is 23.0 Å². The number of carbonyl (C=O) groups excluding carboxylic acids is 3. The maximum absolute atomic E-state index is 14.9. The van der Waals surface area contributed by atoms with E-state index in [0.29, 0.717) is 6.54 Å². The van der Waals surface area contributed by atoms with Crippen LogP contribution in [0.25, 0.3) is 0 Å². The number of ether oxygens (including phenoxy) is 1. The van der Waals surface area contributed by atoms with Crippen molar-refractivity contribution in [3.05, 3.63) is 52.2 Å². The summed E-state index contributed by atoms with van der Waals surface area (Å²) in [5.41, 5.74) is -1.46. The van der Waals surface area contributed by atoms with Gasteiger partial charge in [-0.25, -0.2) is 9.37 Å². The van der Waals surface area contributed by atoms with Crippen LogP contribution in [0.4, 0.5) is 4.39 Å². The second-order valence-corrected chi connectivity index (χ2v) is 8.80. The predicted octanol–water partition coefficient (Wildman–Crippen LogP) is 2.68. The Kier molecular flexibility index (Phi) is 6.15. The molecular formula is C22H24FN3O4S. The number of carbonyl (C=O) groups is 3. The minimum Gasteiger partial charge on any atom is -0.383 e. The summed E-state index contributed by atoms with van der Waals surface area (Å²) in [5.74, 6) is -1.83. The van der Waals surface area contributed by atoms with Crippen molar-refractivity contribution < 1.29 is 23.5 Å². The number of methoxy groups -OCH3 is 1. The number of nitrogens with zero attached hydrogens (tertiary/aromatic N) is 3. The van der Waals surface area contributed by atoms with Crippen LogP contribution in [0.2, 0.25) is 0 Å². The third-order valence-corrected chi connectivity index (χ3v) is 6.96. The lowest BCUT2D eigenvalue weighted by Gasteiger charge is -2.31. The van der Waals surface area contributed by atoms with Crippen molar-refractivity contribution in [1.82, 2.24) is 14.8 Å². The molecule has 2 aliphatic heterocycles. The van der Waals surface area contributed by atoms with Crippen molar-refractivity contribution in [1.29, 1.82) is 0 Å². The SMILES string of the molecule is COCCN1C(=O)C[C@@](CC(=O)N2CCC[C@H]2c2nccs2)(c2ccccc2F)C1=O. The van der Waals surface area contributed by atoms with Crippen LogP contribution < -0.4 is 0 Å². The Morgan fingerprint density at radius 3 is 2.87 bits per heavy atom. The van der Waals surface area contributed by atoms with E-state index in [0.717, 1.165) is 22.7 Å². The van der Waals surface area contributed by atoms with Crippen molar-refractivity contribution in [3.63, 3.8) is 0 Å². The van der Waals surface area contributed by atoms with Gasteiger partial charge in [-0.05, 0) is 18.9 Å². The molecule has 31 heavy (non-hydrogen) atoms. The first-order chi connectivity index (χ1) is 15.0. The molecule has 2 aromatic rings. The second kappa shape index (κ2) is 8.84. The van der Waals surface area contributed by atoms with E-state index in [4.69, 9.17) is 4.74 Å². The molecule has 2 fully saturated rings. The molecule has 2 saturated heterocycles. The first kappa shape index (κ1) is 21.6. The van der Waals surface area contributed by atoms with Gasteiger partial charge in [0.15, 0.2) is 0 Å². The zero-order valence-corrected chi connectivity index (χ0v) is 18.1. The van der Waals surface area contributed by atoms with Crippen LogP contribution in [0.5, 0.6) is 0 Å². The standard InChI is InChI=1S/C22H24FN3O4S/c1-30-11-10-26-19(28)14-22(21(26)29,15-5-2-3-6-16(15)23)13-18(27)25-9-4-7-17(25)20-24-8-12-31-20/h2-3,5-6,8,12,17H,4,7,9-11,13-14H2,1H3/t17-,22-/m0/s1. The number of imide groups is 1. The van der Waals surface area contributed by atoms with Crippen molar-refractivity contribution in [2.75, 3.05) is 26.8 Å². The van der Waals surface area contributed by atoms with Gasteiger partial charge in [-0.2, -0.15) is 0 Å². The Balaban J connectivity index is 1.68. The minimum atomic E-state index is -1.55. The average Bonchev–Trinajstić information content (AvgIpc) is 3.48. The fourth-order valence-corrected chi connectivity index (χ4v) is 5.37. The number of amides is 3. The molecule has 0 radical (unpaired) electrons. The van der Waals surface area contributed by atoms with Gasteiger partial charge in [-0.15, -0.1) is 11.3 Å². The molecule has 2 aliphatic rings. The lowest BCUT2D eigenvalue weighted by Crippen LogP contribution is -2.44. The molecule has 3 amide bonds. The number of benzene rings is 1. The van der Waals surface area contributed by atoms with Crippen molar-refractivity contribution in [3.8, 4) is 0 Å². The van der Waals surface area contributed by atoms with Gasteiger partial charge in [0.2, 0.25) is 17.7 Å². The molecule has 164 valence electrons. The highest BCUT2D eigenvalue weighted by Crippen LogP contribution is 2.43. The number of likely N-dealkylation sites (tertiary alicyclic amines) is 2. The first-order valence-corrected chi connectivity index (χ1v) is 11.1. The summed E-state index contributed by atoms with van der Waals surface area (Å²) in [6, 6.07) is 5.74. The van der Waals surface area contributed by atoms with Crippen LogP contribution in [-0.4, -0.2) is 59.3 Å². The molecule has 3 heterocycles. The first-order valence-electron chi connectivity index (χ1n) is 10.3. The number of thiazole rings is 1. The summed E-state index contributed by atoms with van der Waals surface area (Å²) in [4.78, 5) is 46.8. The van der Waals surface area contributed by atoms with Crippen LogP contribution in [0, 0.1) is 5.82 Å². The second-order valence-electron chi connectivity index (χ2n) is 7.87. The summed E-state index contributed by atoms with van der Waals surface area (Å²) in [6.45, 7) is 0.799. The maximum Gasteiger partial charge on any atom is 0.241 e. The number of halogens is 1. The van der Waals surface area contributed by atoms with Gasteiger partial charge in [-0.1, -0.05) is 18.2 Å². The third-order valence-electron chi connectivity index (χ3n) is 6.08. The third kappa shape index (κ3) is 3.87. The largest absolute Gasteiger partial charge is 0.383 e. The van der Waals surface area contributed by atoms with Crippen molar-refractivity contribution in [2.24, 2.45) is 0 Å². The molecule has 0 N–H and O–H groups in total. The molecule has 9 heteroatoms. The monoisotopic (exact) mass is 445 g/mol. The van der Waals surface area contributed by atoms with Gasteiger partial charge in [0.25, 0.3) is 0 Å². The zero-order chi connectivity index (χ0) is 22.0. The molecule has 7 nitrogen and oxygen atoms in total. The molecule has 1 aromatic carbocycles.